The summed E-state index contributed by atoms with van der Waals surface area (Å²) < 4.78 is 0. The number of rotatable bonds is 1. The minimum absolute atomic E-state index is 0.801. The van der Waals surface area contributed by atoms with Crippen LogP contribution in [0.15, 0.2) is 0 Å². The van der Waals surface area contributed by atoms with Crippen molar-refractivity contribution in [3.63, 3.8) is 0 Å². The van der Waals surface area contributed by atoms with Gasteiger partial charge in [-0.05, 0) is 43.4 Å². The Kier molecular flexibility index (Phi) is 3.34. The lowest BCUT2D eigenvalue weighted by Gasteiger charge is -2.43. The summed E-state index contributed by atoms with van der Waals surface area (Å²) in [6.45, 7) is 0. The Labute approximate surface area is 90.6 Å². The molecular weight excluding hydrogens is 224 g/mol. The molecule has 0 radical (unpaired) electrons. The molecule has 0 heterocycles. The maximum absolute atomic E-state index is 3.66. The minimum atomic E-state index is 0.801. The molecule has 0 saturated heterocycles. The molecule has 2 fully saturated rings. The lowest BCUT2D eigenvalue weighted by Crippen LogP contribution is -2.31. The van der Waals surface area contributed by atoms with Gasteiger partial charge in [-0.3, -0.25) is 0 Å². The molecule has 13 heavy (non-hydrogen) atoms. The summed E-state index contributed by atoms with van der Waals surface area (Å²) in [5, 5.41) is 1.24. The van der Waals surface area contributed by atoms with Crippen LogP contribution in [0, 0.1) is 11.3 Å². The standard InChI is InChI=1S/C12H21Br/c13-10-11-5-4-8-12(9-11)6-2-1-3-7-12/h11H,1-10H2. The summed E-state index contributed by atoms with van der Waals surface area (Å²) in [6.07, 6.45) is 13.6. The zero-order valence-electron chi connectivity index (χ0n) is 8.53. The molecule has 0 N–H and O–H groups in total. The highest BCUT2D eigenvalue weighted by molar-refractivity contribution is 9.09. The van der Waals surface area contributed by atoms with Crippen LogP contribution in [-0.2, 0) is 0 Å². The van der Waals surface area contributed by atoms with Crippen molar-refractivity contribution in [2.75, 3.05) is 5.33 Å². The fourth-order valence-corrected chi connectivity index (χ4v) is 4.02. The summed E-state index contributed by atoms with van der Waals surface area (Å²) in [6, 6.07) is 0. The van der Waals surface area contributed by atoms with Gasteiger partial charge in [0.15, 0.2) is 0 Å². The molecule has 1 heteroatoms. The Morgan fingerprint density at radius 3 is 2.38 bits per heavy atom. The highest BCUT2D eigenvalue weighted by atomic mass is 79.9. The summed E-state index contributed by atoms with van der Waals surface area (Å²) >= 11 is 3.66. The van der Waals surface area contributed by atoms with Gasteiger partial charge in [0.1, 0.15) is 0 Å². The molecule has 2 saturated carbocycles. The van der Waals surface area contributed by atoms with Crippen LogP contribution < -0.4 is 0 Å². The van der Waals surface area contributed by atoms with E-state index in [1.165, 1.54) is 63.1 Å². The second-order valence-electron chi connectivity index (χ2n) is 5.18. The van der Waals surface area contributed by atoms with E-state index in [1.807, 2.05) is 0 Å². The van der Waals surface area contributed by atoms with Crippen molar-refractivity contribution in [2.24, 2.45) is 11.3 Å². The highest BCUT2D eigenvalue weighted by Crippen LogP contribution is 2.49. The first-order valence-electron chi connectivity index (χ1n) is 5.91. The maximum Gasteiger partial charge on any atom is 0.00598 e. The van der Waals surface area contributed by atoms with E-state index in [9.17, 15) is 0 Å². The molecule has 0 amide bonds. The van der Waals surface area contributed by atoms with E-state index in [0.717, 1.165) is 11.3 Å². The second-order valence-corrected chi connectivity index (χ2v) is 5.82. The molecule has 0 aliphatic heterocycles. The average molecular weight is 245 g/mol. The van der Waals surface area contributed by atoms with E-state index in [4.69, 9.17) is 0 Å². The van der Waals surface area contributed by atoms with Crippen LogP contribution in [-0.4, -0.2) is 5.33 Å². The van der Waals surface area contributed by atoms with E-state index in [1.54, 1.807) is 0 Å². The van der Waals surface area contributed by atoms with E-state index in [2.05, 4.69) is 15.9 Å². The molecule has 1 spiro atoms. The molecule has 0 bridgehead atoms. The largest absolute Gasteiger partial charge is 0.0925 e. The van der Waals surface area contributed by atoms with Crippen LogP contribution in [0.1, 0.15) is 57.8 Å². The fourth-order valence-electron chi connectivity index (χ4n) is 3.47. The average Bonchev–Trinajstić information content (AvgIpc) is 2.19. The van der Waals surface area contributed by atoms with Crippen LogP contribution in [0.4, 0.5) is 0 Å². The Morgan fingerprint density at radius 1 is 1.00 bits per heavy atom. The van der Waals surface area contributed by atoms with Crippen molar-refractivity contribution < 1.29 is 0 Å². The van der Waals surface area contributed by atoms with Crippen LogP contribution in [0.3, 0.4) is 0 Å². The fraction of sp³-hybridized carbons (Fsp3) is 1.00. The van der Waals surface area contributed by atoms with Gasteiger partial charge in [-0.2, -0.15) is 0 Å². The van der Waals surface area contributed by atoms with Crippen molar-refractivity contribution in [3.8, 4) is 0 Å². The minimum Gasteiger partial charge on any atom is -0.0925 e. The number of halogens is 1. The monoisotopic (exact) mass is 244 g/mol. The lowest BCUT2D eigenvalue weighted by molar-refractivity contribution is 0.0956. The Balaban J connectivity index is 1.95. The van der Waals surface area contributed by atoms with E-state index < -0.39 is 0 Å². The molecule has 2 aliphatic carbocycles. The Bertz CT molecular complexity index is 153. The molecule has 0 aromatic carbocycles. The molecule has 0 aromatic rings. The first kappa shape index (κ1) is 10.0. The first-order chi connectivity index (χ1) is 6.35. The normalized spacial score (nSPS) is 33.5. The van der Waals surface area contributed by atoms with Gasteiger partial charge in [0, 0.05) is 5.33 Å². The summed E-state index contributed by atoms with van der Waals surface area (Å²) in [4.78, 5) is 0. The SMILES string of the molecule is BrCC1CCCC2(CCCCC2)C1. The molecule has 2 aliphatic rings. The summed E-state index contributed by atoms with van der Waals surface area (Å²) in [5.74, 6) is 0.992. The van der Waals surface area contributed by atoms with Crippen molar-refractivity contribution in [3.05, 3.63) is 0 Å². The zero-order chi connectivity index (χ0) is 9.15. The van der Waals surface area contributed by atoms with Gasteiger partial charge in [-0.25, -0.2) is 0 Å². The van der Waals surface area contributed by atoms with Gasteiger partial charge in [-0.15, -0.1) is 0 Å². The van der Waals surface area contributed by atoms with Crippen LogP contribution >= 0.6 is 15.9 Å². The topological polar surface area (TPSA) is 0 Å². The first-order valence-corrected chi connectivity index (χ1v) is 7.03. The third kappa shape index (κ3) is 2.29. The molecular formula is C12H21Br. The molecule has 0 aromatic heterocycles. The smallest absolute Gasteiger partial charge is 0.00598 e. The molecule has 1 atom stereocenters. The van der Waals surface area contributed by atoms with Crippen molar-refractivity contribution >= 4 is 15.9 Å². The molecule has 2 rings (SSSR count). The third-order valence-corrected chi connectivity index (χ3v) is 5.09. The summed E-state index contributed by atoms with van der Waals surface area (Å²) in [5.41, 5.74) is 0.801. The number of alkyl halides is 1. The Morgan fingerprint density at radius 2 is 1.69 bits per heavy atom. The van der Waals surface area contributed by atoms with Gasteiger partial charge in [-0.1, -0.05) is 41.6 Å². The quantitative estimate of drug-likeness (QED) is 0.596. The van der Waals surface area contributed by atoms with Gasteiger partial charge in [0.25, 0.3) is 0 Å². The van der Waals surface area contributed by atoms with Gasteiger partial charge in [0.2, 0.25) is 0 Å². The van der Waals surface area contributed by atoms with Gasteiger partial charge in [0.05, 0.1) is 0 Å². The number of hydrogen-bond acceptors (Lipinski definition) is 0. The van der Waals surface area contributed by atoms with Crippen molar-refractivity contribution in [1.82, 2.24) is 0 Å². The zero-order valence-corrected chi connectivity index (χ0v) is 10.1. The van der Waals surface area contributed by atoms with E-state index in [0.29, 0.717) is 0 Å². The molecule has 76 valence electrons. The predicted octanol–water partition coefficient (Wildman–Crippen LogP) is 4.52. The van der Waals surface area contributed by atoms with Gasteiger partial charge >= 0.3 is 0 Å². The third-order valence-electron chi connectivity index (χ3n) is 4.17. The number of hydrogen-bond donors (Lipinski definition) is 0. The van der Waals surface area contributed by atoms with Crippen LogP contribution in [0.5, 0.6) is 0 Å². The Hall–Kier alpha value is 0.480. The van der Waals surface area contributed by atoms with Crippen LogP contribution in [0.2, 0.25) is 0 Å². The van der Waals surface area contributed by atoms with Crippen molar-refractivity contribution in [2.45, 2.75) is 57.8 Å². The second kappa shape index (κ2) is 4.33. The molecule has 0 nitrogen and oxygen atoms in total. The predicted molar refractivity (Wildman–Crippen MR) is 61.3 cm³/mol. The van der Waals surface area contributed by atoms with Crippen LogP contribution in [0.25, 0.3) is 0 Å². The van der Waals surface area contributed by atoms with E-state index in [-0.39, 0.29) is 0 Å². The van der Waals surface area contributed by atoms with E-state index >= 15 is 0 Å². The summed E-state index contributed by atoms with van der Waals surface area (Å²) in [7, 11) is 0. The molecule has 1 unspecified atom stereocenters. The van der Waals surface area contributed by atoms with Gasteiger partial charge < -0.3 is 0 Å². The highest BCUT2D eigenvalue weighted by Gasteiger charge is 2.36. The lowest BCUT2D eigenvalue weighted by atomic mass is 9.63. The van der Waals surface area contributed by atoms with Crippen molar-refractivity contribution in [1.29, 1.82) is 0 Å². The maximum atomic E-state index is 3.66.